The SMILES string of the molecule is Cc1nc(Cl)cc(N2CCN(CC(C)(C)O)CC2C)n1. The maximum Gasteiger partial charge on any atom is 0.134 e. The molecule has 1 fully saturated rings. The lowest BCUT2D eigenvalue weighted by atomic mass is 10.1. The Morgan fingerprint density at radius 2 is 2.10 bits per heavy atom. The lowest BCUT2D eigenvalue weighted by Gasteiger charge is -2.42. The summed E-state index contributed by atoms with van der Waals surface area (Å²) in [5.41, 5.74) is -0.656. The van der Waals surface area contributed by atoms with E-state index in [2.05, 4.69) is 26.7 Å². The second kappa shape index (κ2) is 5.84. The number of halogens is 1. The average Bonchev–Trinajstić information content (AvgIpc) is 2.25. The minimum absolute atomic E-state index is 0.330. The topological polar surface area (TPSA) is 52.5 Å². The van der Waals surface area contributed by atoms with Gasteiger partial charge in [-0.3, -0.25) is 4.90 Å². The number of piperazine rings is 1. The van der Waals surface area contributed by atoms with Gasteiger partial charge in [-0.1, -0.05) is 11.6 Å². The van der Waals surface area contributed by atoms with E-state index in [4.69, 9.17) is 11.6 Å². The van der Waals surface area contributed by atoms with Crippen molar-refractivity contribution in [3.8, 4) is 0 Å². The highest BCUT2D eigenvalue weighted by Crippen LogP contribution is 2.21. The molecule has 1 aliphatic rings. The fourth-order valence-corrected chi connectivity index (χ4v) is 2.95. The predicted octanol–water partition coefficient (Wildman–Crippen LogP) is 1.72. The molecule has 0 aromatic carbocycles. The van der Waals surface area contributed by atoms with Gasteiger partial charge < -0.3 is 10.0 Å². The van der Waals surface area contributed by atoms with Crippen LogP contribution in [0.3, 0.4) is 0 Å². The molecule has 1 aliphatic heterocycles. The molecule has 0 radical (unpaired) electrons. The summed E-state index contributed by atoms with van der Waals surface area (Å²) in [6.07, 6.45) is 0. The van der Waals surface area contributed by atoms with Gasteiger partial charge in [0.15, 0.2) is 0 Å². The third-order valence-corrected chi connectivity index (χ3v) is 3.60. The molecule has 20 heavy (non-hydrogen) atoms. The molecule has 0 amide bonds. The standard InChI is InChI=1S/C14H23ClN4O/c1-10-8-18(9-14(3,4)20)5-6-19(10)13-7-12(15)16-11(2)17-13/h7,10,20H,5-6,8-9H2,1-4H3. The van der Waals surface area contributed by atoms with Crippen molar-refractivity contribution in [3.63, 3.8) is 0 Å². The molecule has 6 heteroatoms. The number of β-amino-alcohol motifs (C(OH)–C–C–N with tert-alkyl or cyclic N) is 1. The maximum absolute atomic E-state index is 9.92. The Balaban J connectivity index is 2.06. The first-order valence-corrected chi connectivity index (χ1v) is 7.35. The second-order valence-electron chi connectivity index (χ2n) is 6.19. The van der Waals surface area contributed by atoms with Gasteiger partial charge in [-0.15, -0.1) is 0 Å². The van der Waals surface area contributed by atoms with E-state index in [0.29, 0.717) is 23.6 Å². The van der Waals surface area contributed by atoms with E-state index in [9.17, 15) is 5.11 Å². The molecule has 1 unspecified atom stereocenters. The molecule has 112 valence electrons. The van der Waals surface area contributed by atoms with E-state index in [0.717, 1.165) is 25.5 Å². The van der Waals surface area contributed by atoms with Gasteiger partial charge in [0.25, 0.3) is 0 Å². The molecule has 2 rings (SSSR count). The quantitative estimate of drug-likeness (QED) is 0.861. The fraction of sp³-hybridized carbons (Fsp3) is 0.714. The Morgan fingerprint density at radius 3 is 2.65 bits per heavy atom. The number of anilines is 1. The summed E-state index contributed by atoms with van der Waals surface area (Å²) < 4.78 is 0. The average molecular weight is 299 g/mol. The Hall–Kier alpha value is -0.910. The summed E-state index contributed by atoms with van der Waals surface area (Å²) in [5.74, 6) is 1.58. The summed E-state index contributed by atoms with van der Waals surface area (Å²) in [5, 5.41) is 10.4. The highest BCUT2D eigenvalue weighted by molar-refractivity contribution is 6.29. The number of rotatable bonds is 3. The number of nitrogens with zero attached hydrogens (tertiary/aromatic N) is 4. The molecule has 1 aromatic rings. The molecule has 5 nitrogen and oxygen atoms in total. The first-order chi connectivity index (χ1) is 9.24. The van der Waals surface area contributed by atoms with Gasteiger partial charge in [0.05, 0.1) is 5.60 Å². The van der Waals surface area contributed by atoms with Crippen molar-refractivity contribution in [2.45, 2.75) is 39.3 Å². The van der Waals surface area contributed by atoms with Crippen LogP contribution < -0.4 is 4.90 Å². The molecule has 1 saturated heterocycles. The minimum Gasteiger partial charge on any atom is -0.389 e. The Bertz CT molecular complexity index is 454. The molecule has 0 aliphatic carbocycles. The van der Waals surface area contributed by atoms with Gasteiger partial charge in [0, 0.05) is 38.3 Å². The second-order valence-corrected chi connectivity index (χ2v) is 6.57. The van der Waals surface area contributed by atoms with Crippen molar-refractivity contribution in [2.75, 3.05) is 31.1 Å². The third kappa shape index (κ3) is 4.04. The zero-order chi connectivity index (χ0) is 14.9. The normalized spacial score (nSPS) is 21.3. The van der Waals surface area contributed by atoms with Crippen molar-refractivity contribution >= 4 is 17.4 Å². The molecule has 0 bridgehead atoms. The lowest BCUT2D eigenvalue weighted by Crippen LogP contribution is -2.55. The summed E-state index contributed by atoms with van der Waals surface area (Å²) >= 11 is 6.01. The van der Waals surface area contributed by atoms with Crippen LogP contribution >= 0.6 is 11.6 Å². The monoisotopic (exact) mass is 298 g/mol. The summed E-state index contributed by atoms with van der Waals surface area (Å²) in [7, 11) is 0. The van der Waals surface area contributed by atoms with Gasteiger partial charge in [0.1, 0.15) is 16.8 Å². The Kier molecular flexibility index (Phi) is 4.52. The predicted molar refractivity (Wildman–Crippen MR) is 81.3 cm³/mol. The number of hydrogen-bond acceptors (Lipinski definition) is 5. The van der Waals surface area contributed by atoms with Crippen LogP contribution in [0, 0.1) is 6.92 Å². The van der Waals surface area contributed by atoms with Crippen molar-refractivity contribution in [3.05, 3.63) is 17.0 Å². The van der Waals surface area contributed by atoms with Gasteiger partial charge in [0.2, 0.25) is 0 Å². The molecular formula is C14H23ClN4O. The van der Waals surface area contributed by atoms with Crippen LogP contribution in [-0.4, -0.2) is 57.8 Å². The van der Waals surface area contributed by atoms with E-state index in [1.54, 1.807) is 0 Å². The lowest BCUT2D eigenvalue weighted by molar-refractivity contribution is 0.0307. The third-order valence-electron chi connectivity index (χ3n) is 3.41. The van der Waals surface area contributed by atoms with Crippen molar-refractivity contribution in [1.29, 1.82) is 0 Å². The van der Waals surface area contributed by atoms with Crippen molar-refractivity contribution in [2.24, 2.45) is 0 Å². The number of hydrogen-bond donors (Lipinski definition) is 1. The molecule has 2 heterocycles. The van der Waals surface area contributed by atoms with Crippen LogP contribution in [0.5, 0.6) is 0 Å². The molecule has 0 saturated carbocycles. The molecule has 1 N–H and O–H groups in total. The molecule has 0 spiro atoms. The first kappa shape index (κ1) is 15.5. The summed E-state index contributed by atoms with van der Waals surface area (Å²) in [4.78, 5) is 13.1. The van der Waals surface area contributed by atoms with Crippen molar-refractivity contribution < 1.29 is 5.11 Å². The highest BCUT2D eigenvalue weighted by atomic mass is 35.5. The van der Waals surface area contributed by atoms with Crippen LogP contribution in [0.25, 0.3) is 0 Å². The van der Waals surface area contributed by atoms with Gasteiger partial charge >= 0.3 is 0 Å². The van der Waals surface area contributed by atoms with E-state index >= 15 is 0 Å². The first-order valence-electron chi connectivity index (χ1n) is 6.97. The zero-order valence-electron chi connectivity index (χ0n) is 12.6. The minimum atomic E-state index is -0.656. The maximum atomic E-state index is 9.92. The van der Waals surface area contributed by atoms with Crippen LogP contribution in [0.4, 0.5) is 5.82 Å². The summed E-state index contributed by atoms with van der Waals surface area (Å²) in [6, 6.07) is 2.15. The Labute approximate surface area is 125 Å². The zero-order valence-corrected chi connectivity index (χ0v) is 13.4. The van der Waals surface area contributed by atoms with Crippen LogP contribution in [0.15, 0.2) is 6.07 Å². The molecule has 1 atom stereocenters. The van der Waals surface area contributed by atoms with Gasteiger partial charge in [-0.05, 0) is 27.7 Å². The fourth-order valence-electron chi connectivity index (χ4n) is 2.73. The Morgan fingerprint density at radius 1 is 1.40 bits per heavy atom. The van der Waals surface area contributed by atoms with Crippen LogP contribution in [0.2, 0.25) is 5.15 Å². The van der Waals surface area contributed by atoms with Gasteiger partial charge in [-0.2, -0.15) is 0 Å². The van der Waals surface area contributed by atoms with Crippen molar-refractivity contribution in [1.82, 2.24) is 14.9 Å². The summed E-state index contributed by atoms with van der Waals surface area (Å²) in [6.45, 7) is 11.1. The largest absolute Gasteiger partial charge is 0.389 e. The number of aromatic nitrogens is 2. The van der Waals surface area contributed by atoms with E-state index < -0.39 is 5.60 Å². The smallest absolute Gasteiger partial charge is 0.134 e. The molecular weight excluding hydrogens is 276 g/mol. The van der Waals surface area contributed by atoms with E-state index in [1.165, 1.54) is 0 Å². The highest BCUT2D eigenvalue weighted by Gasteiger charge is 2.28. The number of aryl methyl sites for hydroxylation is 1. The van der Waals surface area contributed by atoms with Crippen LogP contribution in [0.1, 0.15) is 26.6 Å². The number of aliphatic hydroxyl groups is 1. The molecule has 1 aromatic heterocycles. The van der Waals surface area contributed by atoms with E-state index in [1.807, 2.05) is 26.8 Å². The van der Waals surface area contributed by atoms with Crippen LogP contribution in [-0.2, 0) is 0 Å². The van der Waals surface area contributed by atoms with E-state index in [-0.39, 0.29) is 0 Å². The van der Waals surface area contributed by atoms with Gasteiger partial charge in [-0.25, -0.2) is 9.97 Å².